The van der Waals surface area contributed by atoms with Crippen molar-refractivity contribution in [3.05, 3.63) is 24.3 Å². The molecule has 2 amide bonds. The largest absolute Gasteiger partial charge is 0.372 e. The van der Waals surface area contributed by atoms with Gasteiger partial charge in [0.15, 0.2) is 0 Å². The van der Waals surface area contributed by atoms with Crippen molar-refractivity contribution in [2.45, 2.75) is 65.3 Å². The maximum absolute atomic E-state index is 13.1. The Morgan fingerprint density at radius 2 is 1.67 bits per heavy atom. The molecule has 148 valence electrons. The van der Waals surface area contributed by atoms with Crippen LogP contribution in [0.4, 0.5) is 11.4 Å². The third-order valence-electron chi connectivity index (χ3n) is 6.06. The summed E-state index contributed by atoms with van der Waals surface area (Å²) in [5, 5.41) is 2.95. The molecule has 0 saturated carbocycles. The summed E-state index contributed by atoms with van der Waals surface area (Å²) in [6, 6.07) is 8.23. The average molecular weight is 372 g/mol. The Hall–Kier alpha value is -2.04. The van der Waals surface area contributed by atoms with E-state index in [9.17, 15) is 9.59 Å². The zero-order valence-electron chi connectivity index (χ0n) is 17.0. The lowest BCUT2D eigenvalue weighted by atomic mass is 9.87. The molecule has 2 fully saturated rings. The van der Waals surface area contributed by atoms with Gasteiger partial charge < -0.3 is 15.1 Å². The van der Waals surface area contributed by atoms with Gasteiger partial charge in [-0.3, -0.25) is 9.59 Å². The Balaban J connectivity index is 1.65. The van der Waals surface area contributed by atoms with Crippen molar-refractivity contribution in [1.29, 1.82) is 0 Å². The molecule has 27 heavy (non-hydrogen) atoms. The molecule has 2 heterocycles. The van der Waals surface area contributed by atoms with Gasteiger partial charge in [0, 0.05) is 37.1 Å². The summed E-state index contributed by atoms with van der Waals surface area (Å²) in [4.78, 5) is 30.3. The number of piperidine rings is 1. The summed E-state index contributed by atoms with van der Waals surface area (Å²) in [7, 11) is 0. The maximum atomic E-state index is 13.1. The van der Waals surface area contributed by atoms with E-state index < -0.39 is 5.41 Å². The molecule has 5 heteroatoms. The lowest BCUT2D eigenvalue weighted by Crippen LogP contribution is -2.52. The first-order valence-electron chi connectivity index (χ1n) is 10.4. The lowest BCUT2D eigenvalue weighted by molar-refractivity contribution is -0.149. The molecule has 2 aliphatic heterocycles. The average Bonchev–Trinajstić information content (AvgIpc) is 3.22. The highest BCUT2D eigenvalue weighted by Gasteiger charge is 2.41. The molecule has 0 bridgehead atoms. The van der Waals surface area contributed by atoms with Gasteiger partial charge in [-0.15, -0.1) is 0 Å². The zero-order chi connectivity index (χ0) is 19.4. The molecule has 3 rings (SSSR count). The normalized spacial score (nSPS) is 20.6. The van der Waals surface area contributed by atoms with Crippen LogP contribution in [0.1, 0.15) is 59.3 Å². The number of carbonyl (C=O) groups is 2. The maximum Gasteiger partial charge on any atom is 0.239 e. The minimum Gasteiger partial charge on any atom is -0.372 e. The van der Waals surface area contributed by atoms with Crippen molar-refractivity contribution < 1.29 is 9.59 Å². The van der Waals surface area contributed by atoms with Crippen LogP contribution < -0.4 is 10.2 Å². The zero-order valence-corrected chi connectivity index (χ0v) is 17.0. The number of nitrogens with one attached hydrogen (secondary N) is 1. The first-order chi connectivity index (χ1) is 12.9. The Bertz CT molecular complexity index is 663. The Kier molecular flexibility index (Phi) is 6.08. The van der Waals surface area contributed by atoms with E-state index in [2.05, 4.69) is 17.1 Å². The van der Waals surface area contributed by atoms with Crippen LogP contribution in [0, 0.1) is 5.41 Å². The van der Waals surface area contributed by atoms with Crippen LogP contribution in [0.15, 0.2) is 24.3 Å². The molecule has 0 radical (unpaired) electrons. The van der Waals surface area contributed by atoms with Gasteiger partial charge in [-0.05, 0) is 76.6 Å². The predicted octanol–water partition coefficient (Wildman–Crippen LogP) is 4.04. The third-order valence-corrected chi connectivity index (χ3v) is 6.06. The smallest absolute Gasteiger partial charge is 0.239 e. The molecule has 1 N–H and O–H groups in total. The van der Waals surface area contributed by atoms with Gasteiger partial charge in [-0.2, -0.15) is 0 Å². The number of nitrogens with zero attached hydrogens (tertiary/aromatic N) is 2. The number of anilines is 2. The molecule has 0 aliphatic carbocycles. The van der Waals surface area contributed by atoms with Crippen LogP contribution in [0.2, 0.25) is 0 Å². The second-order valence-electron chi connectivity index (χ2n) is 8.38. The van der Waals surface area contributed by atoms with Gasteiger partial charge in [0.25, 0.3) is 0 Å². The first-order valence-corrected chi connectivity index (χ1v) is 10.4. The number of benzene rings is 1. The minimum absolute atomic E-state index is 0.0553. The molecule has 2 aliphatic rings. The summed E-state index contributed by atoms with van der Waals surface area (Å²) < 4.78 is 0. The summed E-state index contributed by atoms with van der Waals surface area (Å²) in [5.41, 5.74) is 0.868. The fourth-order valence-electron chi connectivity index (χ4n) is 4.17. The molecular formula is C22H33N3O2. The molecule has 1 atom stereocenters. The highest BCUT2D eigenvalue weighted by atomic mass is 16.2. The van der Waals surface area contributed by atoms with E-state index in [4.69, 9.17) is 0 Å². The van der Waals surface area contributed by atoms with Crippen LogP contribution in [-0.2, 0) is 9.59 Å². The summed E-state index contributed by atoms with van der Waals surface area (Å²) in [6.07, 6.45) is 6.66. The van der Waals surface area contributed by atoms with Crippen LogP contribution in [0.25, 0.3) is 0 Å². The Morgan fingerprint density at radius 3 is 2.30 bits per heavy atom. The number of likely N-dealkylation sites (tertiary alicyclic amines) is 1. The van der Waals surface area contributed by atoms with E-state index >= 15 is 0 Å². The predicted molar refractivity (Wildman–Crippen MR) is 110 cm³/mol. The van der Waals surface area contributed by atoms with Crippen LogP contribution >= 0.6 is 0 Å². The van der Waals surface area contributed by atoms with Gasteiger partial charge in [0.05, 0.1) is 0 Å². The van der Waals surface area contributed by atoms with E-state index in [1.807, 2.05) is 29.2 Å². The standard InChI is InChI=1S/C22H33N3O2/c1-4-18-9-5-6-16-25(18)21(27)22(2,3)20(26)23-17-10-12-19(13-11-17)24-14-7-8-15-24/h10-13,18H,4-9,14-16H2,1-3H3,(H,23,26). The number of hydrogen-bond donors (Lipinski definition) is 1. The van der Waals surface area contributed by atoms with Crippen molar-refractivity contribution in [1.82, 2.24) is 4.90 Å². The second-order valence-corrected chi connectivity index (χ2v) is 8.38. The summed E-state index contributed by atoms with van der Waals surface area (Å²) >= 11 is 0. The fraction of sp³-hybridized carbons (Fsp3) is 0.636. The van der Waals surface area contributed by atoms with Crippen molar-refractivity contribution in [2.75, 3.05) is 29.9 Å². The third kappa shape index (κ3) is 4.28. The van der Waals surface area contributed by atoms with E-state index in [1.54, 1.807) is 13.8 Å². The molecule has 1 aromatic rings. The Morgan fingerprint density at radius 1 is 1.04 bits per heavy atom. The number of rotatable bonds is 5. The monoisotopic (exact) mass is 371 g/mol. The van der Waals surface area contributed by atoms with Gasteiger partial charge >= 0.3 is 0 Å². The van der Waals surface area contributed by atoms with E-state index in [0.29, 0.717) is 0 Å². The molecule has 1 aromatic carbocycles. The molecule has 0 spiro atoms. The molecule has 5 nitrogen and oxygen atoms in total. The highest BCUT2D eigenvalue weighted by molar-refractivity contribution is 6.10. The molecular weight excluding hydrogens is 338 g/mol. The number of amides is 2. The van der Waals surface area contributed by atoms with Crippen LogP contribution in [0.5, 0.6) is 0 Å². The molecule has 0 aromatic heterocycles. The van der Waals surface area contributed by atoms with Crippen LogP contribution in [0.3, 0.4) is 0 Å². The molecule has 1 unspecified atom stereocenters. The lowest BCUT2D eigenvalue weighted by Gasteiger charge is -2.39. The van der Waals surface area contributed by atoms with Crippen LogP contribution in [-0.4, -0.2) is 42.4 Å². The van der Waals surface area contributed by atoms with Crippen molar-refractivity contribution >= 4 is 23.2 Å². The van der Waals surface area contributed by atoms with Gasteiger partial charge in [-0.25, -0.2) is 0 Å². The highest BCUT2D eigenvalue weighted by Crippen LogP contribution is 2.29. The van der Waals surface area contributed by atoms with E-state index in [-0.39, 0.29) is 17.9 Å². The molecule has 2 saturated heterocycles. The second kappa shape index (κ2) is 8.32. The van der Waals surface area contributed by atoms with Gasteiger partial charge in [-0.1, -0.05) is 6.92 Å². The summed E-state index contributed by atoms with van der Waals surface area (Å²) in [5.74, 6) is -0.290. The minimum atomic E-state index is -1.07. The van der Waals surface area contributed by atoms with Gasteiger partial charge in [0.1, 0.15) is 5.41 Å². The first kappa shape index (κ1) is 19.7. The van der Waals surface area contributed by atoms with Crippen molar-refractivity contribution in [2.24, 2.45) is 5.41 Å². The Labute approximate surface area is 163 Å². The number of carbonyl (C=O) groups excluding carboxylic acids is 2. The SMILES string of the molecule is CCC1CCCCN1C(=O)C(C)(C)C(=O)Nc1ccc(N2CCCC2)cc1. The summed E-state index contributed by atoms with van der Waals surface area (Å²) in [6.45, 7) is 8.56. The topological polar surface area (TPSA) is 52.7 Å². The van der Waals surface area contributed by atoms with E-state index in [0.717, 1.165) is 51.0 Å². The quantitative estimate of drug-likeness (QED) is 0.795. The van der Waals surface area contributed by atoms with Gasteiger partial charge in [0.2, 0.25) is 11.8 Å². The number of hydrogen-bond acceptors (Lipinski definition) is 3. The van der Waals surface area contributed by atoms with E-state index in [1.165, 1.54) is 18.5 Å². The fourth-order valence-corrected chi connectivity index (χ4v) is 4.17. The van der Waals surface area contributed by atoms with Crippen molar-refractivity contribution in [3.63, 3.8) is 0 Å². The van der Waals surface area contributed by atoms with Crippen molar-refractivity contribution in [3.8, 4) is 0 Å².